The fraction of sp³-hybridized carbons (Fsp3) is 0.750. The first-order chi connectivity index (χ1) is 3.97. The maximum absolute atomic E-state index is 10.1. The van der Waals surface area contributed by atoms with Crippen molar-refractivity contribution in [3.05, 3.63) is 0 Å². The Balaban J connectivity index is 0. The van der Waals surface area contributed by atoms with Crippen molar-refractivity contribution in [2.45, 2.75) is 6.92 Å². The predicted octanol–water partition coefficient (Wildman–Crippen LogP) is 0.323. The maximum atomic E-state index is 10.1. The average molecular weight is 152 g/mol. The van der Waals surface area contributed by atoms with Gasteiger partial charge in [0.15, 0.2) is 7.37 Å². The molecule has 9 heavy (non-hydrogen) atoms. The van der Waals surface area contributed by atoms with E-state index in [1.807, 2.05) is 0 Å². The van der Waals surface area contributed by atoms with E-state index in [4.69, 9.17) is 14.5 Å². The van der Waals surface area contributed by atoms with Crippen molar-refractivity contribution < 1.29 is 19.0 Å². The summed E-state index contributed by atoms with van der Waals surface area (Å²) in [5.74, 6) is 0. The van der Waals surface area contributed by atoms with Crippen LogP contribution in [0.5, 0.6) is 0 Å². The summed E-state index contributed by atoms with van der Waals surface area (Å²) in [6, 6.07) is 0. The van der Waals surface area contributed by atoms with E-state index in [0.29, 0.717) is 6.16 Å². The van der Waals surface area contributed by atoms with E-state index in [9.17, 15) is 4.57 Å². The Hall–Kier alpha value is -0.430. The third-order valence-corrected chi connectivity index (χ3v) is 1.76. The zero-order valence-corrected chi connectivity index (χ0v) is 6.22. The van der Waals surface area contributed by atoms with Crippen molar-refractivity contribution >= 4 is 13.5 Å². The van der Waals surface area contributed by atoms with Crippen molar-refractivity contribution in [2.24, 2.45) is 0 Å². The normalized spacial score (nSPS) is 14.1. The molecule has 0 amide bonds. The van der Waals surface area contributed by atoms with Gasteiger partial charge in [-0.25, -0.2) is 0 Å². The Morgan fingerprint density at radius 2 is 1.67 bits per heavy atom. The van der Waals surface area contributed by atoms with Gasteiger partial charge in [0.2, 0.25) is 0 Å². The molecule has 0 heterocycles. The Morgan fingerprint density at radius 1 is 1.56 bits per heavy atom. The highest BCUT2D eigenvalue weighted by molar-refractivity contribution is 7.57. The number of hydrogen-bond acceptors (Lipinski definition) is 3. The molecule has 0 aromatic rings. The van der Waals surface area contributed by atoms with Crippen LogP contribution in [-0.2, 0) is 14.2 Å². The number of hydrogen-bond donors (Lipinski definition) is 1. The van der Waals surface area contributed by atoms with E-state index >= 15 is 0 Å². The molecule has 0 saturated carbocycles. The molecule has 1 unspecified atom stereocenters. The Labute approximate surface area is 53.3 Å². The minimum absolute atomic E-state index is 0.250. The molecule has 0 saturated heterocycles. The van der Waals surface area contributed by atoms with Gasteiger partial charge >= 0.3 is 6.15 Å². The monoisotopic (exact) mass is 152 g/mol. The van der Waals surface area contributed by atoms with Crippen LogP contribution in [-0.4, -0.2) is 23.9 Å². The summed E-state index contributed by atoms with van der Waals surface area (Å²) in [6.45, 7) is 3.05. The lowest BCUT2D eigenvalue weighted by Crippen LogP contribution is -1.75. The third kappa shape index (κ3) is 35.6. The quantitative estimate of drug-likeness (QED) is 0.549. The van der Waals surface area contributed by atoms with Gasteiger partial charge in [0.1, 0.15) is 0 Å². The molecule has 0 rings (SSSR count). The third-order valence-electron chi connectivity index (χ3n) is 0.587. The van der Waals surface area contributed by atoms with Crippen molar-refractivity contribution in [3.8, 4) is 0 Å². The first-order valence-electron chi connectivity index (χ1n) is 2.26. The van der Waals surface area contributed by atoms with E-state index < -0.39 is 7.37 Å². The van der Waals surface area contributed by atoms with Crippen molar-refractivity contribution in [1.82, 2.24) is 0 Å². The van der Waals surface area contributed by atoms with Gasteiger partial charge in [0, 0.05) is 12.8 Å². The predicted molar refractivity (Wildman–Crippen MR) is 31.3 cm³/mol. The topological polar surface area (TPSA) is 71.4 Å². The van der Waals surface area contributed by atoms with Gasteiger partial charge < -0.3 is 4.89 Å². The first-order valence-corrected chi connectivity index (χ1v) is 4.55. The lowest BCUT2D eigenvalue weighted by molar-refractivity contribution is -0.191. The van der Waals surface area contributed by atoms with Gasteiger partial charge in [0.05, 0.1) is 0 Å². The molecule has 54 valence electrons. The van der Waals surface area contributed by atoms with Crippen molar-refractivity contribution in [1.29, 1.82) is 0 Å². The summed E-state index contributed by atoms with van der Waals surface area (Å²) >= 11 is 0. The molecular weight excluding hydrogens is 143 g/mol. The largest absolute Gasteiger partial charge is 0.373 e. The van der Waals surface area contributed by atoms with E-state index in [1.165, 1.54) is 6.66 Å². The summed E-state index contributed by atoms with van der Waals surface area (Å²) in [7, 11) is -2.65. The number of carbonyl (C=O) groups excluding carboxylic acids is 2. The zero-order valence-electron chi connectivity index (χ0n) is 5.33. The summed E-state index contributed by atoms with van der Waals surface area (Å²) in [5, 5.41) is 0. The van der Waals surface area contributed by atoms with E-state index in [2.05, 4.69) is 0 Å². The van der Waals surface area contributed by atoms with Crippen LogP contribution in [0.15, 0.2) is 0 Å². The number of rotatable bonds is 1. The van der Waals surface area contributed by atoms with Crippen LogP contribution in [0.1, 0.15) is 6.92 Å². The lowest BCUT2D eigenvalue weighted by Gasteiger charge is -1.94. The summed E-state index contributed by atoms with van der Waals surface area (Å²) in [4.78, 5) is 24.6. The molecule has 4 nitrogen and oxygen atoms in total. The summed E-state index contributed by atoms with van der Waals surface area (Å²) in [5.41, 5.74) is 0. The van der Waals surface area contributed by atoms with E-state index in [0.717, 1.165) is 0 Å². The van der Waals surface area contributed by atoms with Gasteiger partial charge in [-0.05, 0) is 0 Å². The standard InChI is InChI=1S/C3H9O2P.CO2/c1-3-6(2,4)5;2-1-3/h3H2,1-2H3,(H,4,5);. The molecule has 0 bridgehead atoms. The van der Waals surface area contributed by atoms with Crippen molar-refractivity contribution in [2.75, 3.05) is 12.8 Å². The van der Waals surface area contributed by atoms with Gasteiger partial charge in [-0.1, -0.05) is 6.92 Å². The van der Waals surface area contributed by atoms with Crippen LogP contribution in [0.4, 0.5) is 0 Å². The molecule has 0 aliphatic carbocycles. The van der Waals surface area contributed by atoms with Crippen LogP contribution in [0.25, 0.3) is 0 Å². The van der Waals surface area contributed by atoms with Gasteiger partial charge in [0.25, 0.3) is 0 Å². The van der Waals surface area contributed by atoms with Crippen LogP contribution < -0.4 is 0 Å². The molecule has 0 aliphatic heterocycles. The molecule has 1 N–H and O–H groups in total. The molecule has 0 aliphatic rings. The smallest absolute Gasteiger partial charge is 0.344 e. The highest BCUT2D eigenvalue weighted by Crippen LogP contribution is 2.33. The second kappa shape index (κ2) is 5.70. The van der Waals surface area contributed by atoms with Gasteiger partial charge in [-0.2, -0.15) is 9.59 Å². The maximum Gasteiger partial charge on any atom is 0.373 e. The Kier molecular flexibility index (Phi) is 7.21. The van der Waals surface area contributed by atoms with Gasteiger partial charge in [-0.3, -0.25) is 4.57 Å². The second-order valence-electron chi connectivity index (χ2n) is 1.45. The fourth-order valence-electron chi connectivity index (χ4n) is 0. The Bertz CT molecular complexity index is 130. The highest BCUT2D eigenvalue weighted by Gasteiger charge is 2.01. The molecule has 0 spiro atoms. The molecule has 1 atom stereocenters. The molecule has 0 aromatic carbocycles. The summed E-state index contributed by atoms with van der Waals surface area (Å²) in [6.07, 6.45) is 0.632. The van der Waals surface area contributed by atoms with Crippen LogP contribution in [0, 0.1) is 0 Å². The molecule has 0 aromatic heterocycles. The fourth-order valence-corrected chi connectivity index (χ4v) is 0. The minimum atomic E-state index is -2.65. The van der Waals surface area contributed by atoms with Crippen LogP contribution in [0.2, 0.25) is 0 Å². The minimum Gasteiger partial charge on any atom is -0.344 e. The SMILES string of the molecule is CCP(C)(=O)O.O=C=O. The Morgan fingerprint density at radius 3 is 1.67 bits per heavy atom. The molecule has 0 fully saturated rings. The lowest BCUT2D eigenvalue weighted by atomic mass is 11.0. The van der Waals surface area contributed by atoms with Crippen molar-refractivity contribution in [3.63, 3.8) is 0 Å². The molecular formula is C4H9O4P. The molecule has 0 radical (unpaired) electrons. The highest BCUT2D eigenvalue weighted by atomic mass is 31.2. The molecule has 5 heteroatoms. The van der Waals surface area contributed by atoms with E-state index in [-0.39, 0.29) is 6.15 Å². The summed E-state index contributed by atoms with van der Waals surface area (Å²) < 4.78 is 10.1. The second-order valence-corrected chi connectivity index (χ2v) is 4.18. The first kappa shape index (κ1) is 11.4. The van der Waals surface area contributed by atoms with Gasteiger partial charge in [-0.15, -0.1) is 0 Å². The van der Waals surface area contributed by atoms with E-state index in [1.54, 1.807) is 6.92 Å². The van der Waals surface area contributed by atoms with Crippen LogP contribution >= 0.6 is 7.37 Å². The zero-order chi connectivity index (χ0) is 7.91. The average Bonchev–Trinajstić information content (AvgIpc) is 1.67. The van der Waals surface area contributed by atoms with Crippen LogP contribution in [0.3, 0.4) is 0 Å².